The number of nitrogens with one attached hydrogen (secondary N) is 1. The Morgan fingerprint density at radius 1 is 1.19 bits per heavy atom. The molecule has 1 amide bonds. The summed E-state index contributed by atoms with van der Waals surface area (Å²) in [7, 11) is -3.79. The number of rotatable bonds is 7. The molecule has 0 aliphatic carbocycles. The number of aryl methyl sites for hydroxylation is 1. The molecule has 1 fully saturated rings. The third kappa shape index (κ3) is 5.98. The lowest BCUT2D eigenvalue weighted by Crippen LogP contribution is -2.40. The van der Waals surface area contributed by atoms with Crippen molar-refractivity contribution in [3.8, 4) is 5.75 Å². The van der Waals surface area contributed by atoms with Crippen LogP contribution in [0.2, 0.25) is 5.02 Å². The fraction of sp³-hybridized carbons (Fsp3) is 0.409. The van der Waals surface area contributed by atoms with E-state index in [1.54, 1.807) is 6.07 Å². The summed E-state index contributed by atoms with van der Waals surface area (Å²) in [6, 6.07) is 10.3. The summed E-state index contributed by atoms with van der Waals surface area (Å²) >= 11 is 6.16. The summed E-state index contributed by atoms with van der Waals surface area (Å²) < 4.78 is 38.0. The first-order valence-electron chi connectivity index (χ1n) is 10.1. The summed E-state index contributed by atoms with van der Waals surface area (Å²) in [4.78, 5) is 12.3. The van der Waals surface area contributed by atoms with Gasteiger partial charge >= 0.3 is 0 Å². The van der Waals surface area contributed by atoms with E-state index in [0.29, 0.717) is 30.6 Å². The van der Waals surface area contributed by atoms with Crippen molar-refractivity contribution in [1.82, 2.24) is 4.31 Å². The van der Waals surface area contributed by atoms with Crippen LogP contribution in [0.1, 0.15) is 30.9 Å². The van der Waals surface area contributed by atoms with Crippen LogP contribution >= 0.6 is 11.6 Å². The molecule has 1 aliphatic heterocycles. The van der Waals surface area contributed by atoms with E-state index in [0.717, 1.165) is 11.1 Å². The van der Waals surface area contributed by atoms with Gasteiger partial charge in [0, 0.05) is 18.8 Å². The molecule has 2 aromatic rings. The van der Waals surface area contributed by atoms with Crippen LogP contribution in [0.5, 0.6) is 5.75 Å². The van der Waals surface area contributed by atoms with Crippen LogP contribution in [-0.4, -0.2) is 51.5 Å². The van der Waals surface area contributed by atoms with Crippen LogP contribution in [0.4, 0.5) is 5.69 Å². The molecule has 0 saturated carbocycles. The van der Waals surface area contributed by atoms with Gasteiger partial charge in [0.25, 0.3) is 5.91 Å². The number of amides is 1. The number of morpholine rings is 1. The van der Waals surface area contributed by atoms with E-state index in [9.17, 15) is 13.2 Å². The van der Waals surface area contributed by atoms with Gasteiger partial charge in [-0.3, -0.25) is 4.79 Å². The number of nitrogens with zero attached hydrogens (tertiary/aromatic N) is 1. The van der Waals surface area contributed by atoms with Crippen molar-refractivity contribution in [3.63, 3.8) is 0 Å². The fourth-order valence-corrected chi connectivity index (χ4v) is 5.15. The third-order valence-electron chi connectivity index (χ3n) is 4.91. The Morgan fingerprint density at radius 2 is 1.90 bits per heavy atom. The minimum Gasteiger partial charge on any atom is -0.484 e. The second-order valence-electron chi connectivity index (χ2n) is 7.73. The molecule has 0 bridgehead atoms. The monoisotopic (exact) mass is 466 g/mol. The topological polar surface area (TPSA) is 84.9 Å². The molecule has 0 spiro atoms. The molecule has 31 heavy (non-hydrogen) atoms. The van der Waals surface area contributed by atoms with Crippen molar-refractivity contribution in [2.75, 3.05) is 38.2 Å². The minimum atomic E-state index is -3.79. The van der Waals surface area contributed by atoms with Crippen molar-refractivity contribution in [2.45, 2.75) is 31.6 Å². The molecule has 1 saturated heterocycles. The molecule has 7 nitrogen and oxygen atoms in total. The van der Waals surface area contributed by atoms with Gasteiger partial charge in [0.1, 0.15) is 10.6 Å². The number of sulfonamides is 1. The first kappa shape index (κ1) is 23.5. The Morgan fingerprint density at radius 3 is 2.58 bits per heavy atom. The van der Waals surface area contributed by atoms with Crippen LogP contribution < -0.4 is 10.1 Å². The van der Waals surface area contributed by atoms with Gasteiger partial charge in [0.2, 0.25) is 10.0 Å². The van der Waals surface area contributed by atoms with E-state index in [-0.39, 0.29) is 29.6 Å². The summed E-state index contributed by atoms with van der Waals surface area (Å²) in [5.41, 5.74) is 2.51. The molecule has 2 aromatic carbocycles. The zero-order valence-electron chi connectivity index (χ0n) is 17.9. The zero-order valence-corrected chi connectivity index (χ0v) is 19.4. The van der Waals surface area contributed by atoms with Crippen LogP contribution in [0.3, 0.4) is 0 Å². The predicted octanol–water partition coefficient (Wildman–Crippen LogP) is 3.81. The third-order valence-corrected chi connectivity index (χ3v) is 7.29. The molecule has 1 aliphatic rings. The lowest BCUT2D eigenvalue weighted by atomic mass is 10.0. The molecule has 9 heteroatoms. The van der Waals surface area contributed by atoms with E-state index >= 15 is 0 Å². The maximum absolute atomic E-state index is 12.9. The van der Waals surface area contributed by atoms with Crippen molar-refractivity contribution < 1.29 is 22.7 Å². The molecule has 0 aromatic heterocycles. The lowest BCUT2D eigenvalue weighted by molar-refractivity contribution is -0.118. The highest BCUT2D eigenvalue weighted by Gasteiger charge is 2.28. The van der Waals surface area contributed by atoms with Gasteiger partial charge in [-0.2, -0.15) is 4.31 Å². The van der Waals surface area contributed by atoms with Crippen molar-refractivity contribution >= 4 is 33.2 Å². The van der Waals surface area contributed by atoms with Gasteiger partial charge in [-0.15, -0.1) is 0 Å². The maximum atomic E-state index is 12.9. The van der Waals surface area contributed by atoms with Crippen LogP contribution in [0.15, 0.2) is 41.3 Å². The Bertz CT molecular complexity index is 1050. The number of ether oxygens (including phenoxy) is 2. The number of carbonyl (C=O) groups excluding carboxylic acids is 1. The molecule has 0 atom stereocenters. The van der Waals surface area contributed by atoms with Gasteiger partial charge in [-0.1, -0.05) is 31.5 Å². The van der Waals surface area contributed by atoms with E-state index in [4.69, 9.17) is 21.1 Å². The van der Waals surface area contributed by atoms with Crippen molar-refractivity contribution in [1.29, 1.82) is 0 Å². The smallest absolute Gasteiger partial charge is 0.262 e. The van der Waals surface area contributed by atoms with E-state index in [2.05, 4.69) is 25.2 Å². The quantitative estimate of drug-likeness (QED) is 0.670. The van der Waals surface area contributed by atoms with E-state index in [1.165, 1.54) is 16.4 Å². The van der Waals surface area contributed by atoms with Crippen LogP contribution in [-0.2, 0) is 19.6 Å². The molecule has 1 heterocycles. The lowest BCUT2D eigenvalue weighted by Gasteiger charge is -2.26. The molecule has 1 N–H and O–H groups in total. The molecule has 0 unspecified atom stereocenters. The van der Waals surface area contributed by atoms with Crippen molar-refractivity contribution in [2.24, 2.45) is 0 Å². The van der Waals surface area contributed by atoms with Gasteiger partial charge in [0.15, 0.2) is 6.61 Å². The number of hydrogen-bond acceptors (Lipinski definition) is 5. The summed E-state index contributed by atoms with van der Waals surface area (Å²) in [6.07, 6.45) is 0. The minimum absolute atomic E-state index is 0.0463. The summed E-state index contributed by atoms with van der Waals surface area (Å²) in [5.74, 6) is 0.562. The second-order valence-corrected chi connectivity index (χ2v) is 10.0. The first-order chi connectivity index (χ1) is 14.7. The molecule has 3 rings (SSSR count). The normalized spacial score (nSPS) is 15.1. The highest BCUT2D eigenvalue weighted by Crippen LogP contribution is 2.28. The Hall–Kier alpha value is -2.13. The average molecular weight is 467 g/mol. The highest BCUT2D eigenvalue weighted by atomic mass is 35.5. The van der Waals surface area contributed by atoms with Gasteiger partial charge in [-0.25, -0.2) is 8.42 Å². The largest absolute Gasteiger partial charge is 0.484 e. The van der Waals surface area contributed by atoms with Gasteiger partial charge in [0.05, 0.1) is 18.2 Å². The number of hydrogen-bond donors (Lipinski definition) is 1. The van der Waals surface area contributed by atoms with Crippen molar-refractivity contribution in [3.05, 3.63) is 52.5 Å². The molecule has 0 radical (unpaired) electrons. The summed E-state index contributed by atoms with van der Waals surface area (Å²) in [5, 5.41) is 2.78. The van der Waals surface area contributed by atoms with Crippen LogP contribution in [0.25, 0.3) is 0 Å². The first-order valence-corrected chi connectivity index (χ1v) is 11.9. The second kappa shape index (κ2) is 9.99. The number of carbonyl (C=O) groups is 1. The highest BCUT2D eigenvalue weighted by molar-refractivity contribution is 7.89. The summed E-state index contributed by atoms with van der Waals surface area (Å²) in [6.45, 7) is 7.15. The van der Waals surface area contributed by atoms with Gasteiger partial charge in [-0.05, 0) is 54.3 Å². The Labute approximate surface area is 188 Å². The number of benzene rings is 2. The SMILES string of the molecule is Cc1cc(OCC(=O)Nc2ccc(Cl)c(S(=O)(=O)N3CCOCC3)c2)cc(C(C)C)c1. The standard InChI is InChI=1S/C22H27ClN2O5S/c1-15(2)17-10-16(3)11-19(12-17)30-14-22(26)24-18-4-5-20(23)21(13-18)31(27,28)25-6-8-29-9-7-25/h4-5,10-13,15H,6-9,14H2,1-3H3,(H,24,26). The molecule has 168 valence electrons. The number of halogens is 1. The van der Waals surface area contributed by atoms with Crippen LogP contribution in [0, 0.1) is 6.92 Å². The maximum Gasteiger partial charge on any atom is 0.262 e. The Balaban J connectivity index is 1.69. The Kier molecular flexibility index (Phi) is 7.59. The van der Waals surface area contributed by atoms with E-state index in [1.807, 2.05) is 19.1 Å². The van der Waals surface area contributed by atoms with Gasteiger partial charge < -0.3 is 14.8 Å². The predicted molar refractivity (Wildman–Crippen MR) is 120 cm³/mol. The number of anilines is 1. The molecular formula is C22H27ClN2O5S. The zero-order chi connectivity index (χ0) is 22.6. The fourth-order valence-electron chi connectivity index (χ4n) is 3.24. The van der Waals surface area contributed by atoms with E-state index < -0.39 is 15.9 Å². The molecular weight excluding hydrogens is 440 g/mol. The average Bonchev–Trinajstić information content (AvgIpc) is 2.73.